The number of carboxylic acids is 1. The van der Waals surface area contributed by atoms with Crippen LogP contribution in [0.15, 0.2) is 0 Å². The van der Waals surface area contributed by atoms with Crippen molar-refractivity contribution >= 4 is 11.9 Å². The minimum absolute atomic E-state index is 0.0526. The molecule has 1 heterocycles. The standard InChI is InChI=1S/C11H19NO4/c1-16-8-9-3-2-6-12(7-9)10(13)4-5-11(14)15/h9H,2-8H2,1H3,(H,14,15). The molecule has 0 saturated carbocycles. The Balaban J connectivity index is 2.34. The number of ether oxygens (including phenoxy) is 1. The summed E-state index contributed by atoms with van der Waals surface area (Å²) in [7, 11) is 1.66. The van der Waals surface area contributed by atoms with Crippen molar-refractivity contribution in [2.45, 2.75) is 25.7 Å². The summed E-state index contributed by atoms with van der Waals surface area (Å²) in [6.45, 7) is 2.12. The summed E-state index contributed by atoms with van der Waals surface area (Å²) in [6.07, 6.45) is 2.09. The van der Waals surface area contributed by atoms with Gasteiger partial charge in [-0.15, -0.1) is 0 Å². The highest BCUT2D eigenvalue weighted by molar-refractivity contribution is 5.80. The van der Waals surface area contributed by atoms with Crippen LogP contribution >= 0.6 is 0 Å². The van der Waals surface area contributed by atoms with E-state index >= 15 is 0 Å². The molecule has 1 N–H and O–H groups in total. The van der Waals surface area contributed by atoms with Crippen molar-refractivity contribution in [2.75, 3.05) is 26.8 Å². The first-order valence-electron chi connectivity index (χ1n) is 5.62. The van der Waals surface area contributed by atoms with Crippen molar-refractivity contribution in [2.24, 2.45) is 5.92 Å². The average molecular weight is 229 g/mol. The second-order valence-corrected chi connectivity index (χ2v) is 4.20. The number of methoxy groups -OCH3 is 1. The van der Waals surface area contributed by atoms with E-state index in [0.717, 1.165) is 19.4 Å². The number of hydrogen-bond donors (Lipinski definition) is 1. The Labute approximate surface area is 95.4 Å². The van der Waals surface area contributed by atoms with E-state index in [0.29, 0.717) is 19.1 Å². The Bertz CT molecular complexity index is 252. The maximum Gasteiger partial charge on any atom is 0.303 e. The van der Waals surface area contributed by atoms with Crippen molar-refractivity contribution in [3.63, 3.8) is 0 Å². The van der Waals surface area contributed by atoms with Crippen molar-refractivity contribution in [1.29, 1.82) is 0 Å². The summed E-state index contributed by atoms with van der Waals surface area (Å²) in [6, 6.07) is 0. The fourth-order valence-electron chi connectivity index (χ4n) is 2.04. The van der Waals surface area contributed by atoms with E-state index in [4.69, 9.17) is 9.84 Å². The van der Waals surface area contributed by atoms with Crippen LogP contribution in [0.5, 0.6) is 0 Å². The highest BCUT2D eigenvalue weighted by atomic mass is 16.5. The third kappa shape index (κ3) is 4.18. The first kappa shape index (κ1) is 13.0. The van der Waals surface area contributed by atoms with Gasteiger partial charge in [0.1, 0.15) is 0 Å². The van der Waals surface area contributed by atoms with E-state index in [1.54, 1.807) is 12.0 Å². The first-order chi connectivity index (χ1) is 7.63. The summed E-state index contributed by atoms with van der Waals surface area (Å²) in [4.78, 5) is 23.8. The molecule has 92 valence electrons. The Morgan fingerprint density at radius 3 is 2.81 bits per heavy atom. The molecule has 0 aromatic carbocycles. The van der Waals surface area contributed by atoms with Gasteiger partial charge >= 0.3 is 5.97 Å². The number of amides is 1. The normalized spacial score (nSPS) is 20.8. The van der Waals surface area contributed by atoms with Gasteiger partial charge in [-0.25, -0.2) is 0 Å². The first-order valence-corrected chi connectivity index (χ1v) is 5.62. The smallest absolute Gasteiger partial charge is 0.303 e. The third-order valence-electron chi connectivity index (χ3n) is 2.83. The minimum atomic E-state index is -0.918. The number of aliphatic carboxylic acids is 1. The highest BCUT2D eigenvalue weighted by Gasteiger charge is 2.23. The van der Waals surface area contributed by atoms with E-state index in [9.17, 15) is 9.59 Å². The molecule has 1 atom stereocenters. The molecule has 1 aliphatic rings. The van der Waals surface area contributed by atoms with Crippen molar-refractivity contribution in [3.8, 4) is 0 Å². The minimum Gasteiger partial charge on any atom is -0.481 e. The van der Waals surface area contributed by atoms with Gasteiger partial charge in [-0.3, -0.25) is 9.59 Å². The Hall–Kier alpha value is -1.10. The van der Waals surface area contributed by atoms with E-state index in [1.807, 2.05) is 0 Å². The lowest BCUT2D eigenvalue weighted by Gasteiger charge is -2.32. The molecule has 1 rings (SSSR count). The maximum absolute atomic E-state index is 11.7. The van der Waals surface area contributed by atoms with Crippen molar-refractivity contribution in [1.82, 2.24) is 4.90 Å². The number of rotatable bonds is 5. The van der Waals surface area contributed by atoms with Crippen LogP contribution in [-0.4, -0.2) is 48.7 Å². The second kappa shape index (κ2) is 6.48. The number of carboxylic acid groups (broad SMARTS) is 1. The average Bonchev–Trinajstić information content (AvgIpc) is 2.26. The topological polar surface area (TPSA) is 66.8 Å². The largest absolute Gasteiger partial charge is 0.481 e. The molecule has 5 heteroatoms. The summed E-state index contributed by atoms with van der Waals surface area (Å²) in [5.74, 6) is -0.575. The van der Waals surface area contributed by atoms with Crippen LogP contribution in [0.1, 0.15) is 25.7 Å². The molecule has 0 spiro atoms. The van der Waals surface area contributed by atoms with Gasteiger partial charge in [0, 0.05) is 26.6 Å². The zero-order valence-corrected chi connectivity index (χ0v) is 9.65. The van der Waals surface area contributed by atoms with Gasteiger partial charge < -0.3 is 14.7 Å². The zero-order valence-electron chi connectivity index (χ0n) is 9.65. The molecule has 0 aliphatic carbocycles. The molecule has 0 bridgehead atoms. The van der Waals surface area contributed by atoms with Crippen molar-refractivity contribution < 1.29 is 19.4 Å². The predicted molar refractivity (Wildman–Crippen MR) is 58.0 cm³/mol. The molecule has 1 unspecified atom stereocenters. The molecule has 16 heavy (non-hydrogen) atoms. The highest BCUT2D eigenvalue weighted by Crippen LogP contribution is 2.17. The van der Waals surface area contributed by atoms with Gasteiger partial charge in [-0.2, -0.15) is 0 Å². The molecule has 5 nitrogen and oxygen atoms in total. The van der Waals surface area contributed by atoms with Crippen LogP contribution in [0.2, 0.25) is 0 Å². The molecule has 1 amide bonds. The Morgan fingerprint density at radius 1 is 1.44 bits per heavy atom. The van der Waals surface area contributed by atoms with Crippen LogP contribution in [0.4, 0.5) is 0 Å². The molecular weight excluding hydrogens is 210 g/mol. The molecular formula is C11H19NO4. The van der Waals surface area contributed by atoms with Gasteiger partial charge in [0.05, 0.1) is 13.0 Å². The lowest BCUT2D eigenvalue weighted by molar-refractivity contribution is -0.141. The predicted octanol–water partition coefficient (Wildman–Crippen LogP) is 0.736. The second-order valence-electron chi connectivity index (χ2n) is 4.20. The van der Waals surface area contributed by atoms with Gasteiger partial charge in [0.25, 0.3) is 0 Å². The van der Waals surface area contributed by atoms with Crippen LogP contribution in [-0.2, 0) is 14.3 Å². The fourth-order valence-corrected chi connectivity index (χ4v) is 2.04. The quantitative estimate of drug-likeness (QED) is 0.755. The van der Waals surface area contributed by atoms with E-state index < -0.39 is 5.97 Å². The lowest BCUT2D eigenvalue weighted by atomic mass is 9.98. The number of carbonyl (C=O) groups excluding carboxylic acids is 1. The summed E-state index contributed by atoms with van der Waals surface area (Å²) in [5.41, 5.74) is 0. The van der Waals surface area contributed by atoms with E-state index in [2.05, 4.69) is 0 Å². The molecule has 0 aromatic rings. The SMILES string of the molecule is COCC1CCCN(C(=O)CCC(=O)O)C1. The van der Waals surface area contributed by atoms with Crippen LogP contribution < -0.4 is 0 Å². The fraction of sp³-hybridized carbons (Fsp3) is 0.818. The van der Waals surface area contributed by atoms with Gasteiger partial charge in [-0.05, 0) is 18.8 Å². The van der Waals surface area contributed by atoms with E-state index in [-0.39, 0.29) is 18.7 Å². The Kier molecular flexibility index (Phi) is 5.25. The number of hydrogen-bond acceptors (Lipinski definition) is 3. The number of likely N-dealkylation sites (tertiary alicyclic amines) is 1. The zero-order chi connectivity index (χ0) is 12.0. The molecule has 1 fully saturated rings. The third-order valence-corrected chi connectivity index (χ3v) is 2.83. The maximum atomic E-state index is 11.7. The molecule has 1 aliphatic heterocycles. The number of piperidine rings is 1. The van der Waals surface area contributed by atoms with Gasteiger partial charge in [0.2, 0.25) is 5.91 Å². The summed E-state index contributed by atoms with van der Waals surface area (Å²) >= 11 is 0. The Morgan fingerprint density at radius 2 is 2.19 bits per heavy atom. The molecule has 0 radical (unpaired) electrons. The lowest BCUT2D eigenvalue weighted by Crippen LogP contribution is -2.41. The summed E-state index contributed by atoms with van der Waals surface area (Å²) in [5, 5.41) is 8.51. The van der Waals surface area contributed by atoms with Gasteiger partial charge in [0.15, 0.2) is 0 Å². The summed E-state index contributed by atoms with van der Waals surface area (Å²) < 4.78 is 5.08. The van der Waals surface area contributed by atoms with E-state index in [1.165, 1.54) is 0 Å². The van der Waals surface area contributed by atoms with Crippen LogP contribution in [0.3, 0.4) is 0 Å². The van der Waals surface area contributed by atoms with Gasteiger partial charge in [-0.1, -0.05) is 0 Å². The molecule has 0 aromatic heterocycles. The van der Waals surface area contributed by atoms with Crippen LogP contribution in [0, 0.1) is 5.92 Å². The monoisotopic (exact) mass is 229 g/mol. The van der Waals surface area contributed by atoms with Crippen LogP contribution in [0.25, 0.3) is 0 Å². The van der Waals surface area contributed by atoms with Crippen molar-refractivity contribution in [3.05, 3.63) is 0 Å². The molecule has 1 saturated heterocycles. The number of carbonyl (C=O) groups is 2. The number of nitrogens with zero attached hydrogens (tertiary/aromatic N) is 1.